The average Bonchev–Trinajstić information content (AvgIpc) is 3.00. The minimum absolute atomic E-state index is 0.0217. The van der Waals surface area contributed by atoms with Crippen LogP contribution in [0.2, 0.25) is 5.02 Å². The summed E-state index contributed by atoms with van der Waals surface area (Å²) in [5.74, 6) is 1.59. The number of benzene rings is 2. The van der Waals surface area contributed by atoms with Gasteiger partial charge in [0.25, 0.3) is 0 Å². The van der Waals surface area contributed by atoms with Crippen LogP contribution in [-0.4, -0.2) is 37.1 Å². The molecule has 0 spiro atoms. The molecule has 1 fully saturated rings. The van der Waals surface area contributed by atoms with Crippen molar-refractivity contribution in [1.29, 1.82) is 0 Å². The van der Waals surface area contributed by atoms with Crippen molar-refractivity contribution in [1.82, 2.24) is 4.90 Å². The predicted molar refractivity (Wildman–Crippen MR) is 110 cm³/mol. The number of aryl methyl sites for hydroxylation is 1. The van der Waals surface area contributed by atoms with Gasteiger partial charge in [-0.15, -0.1) is 0 Å². The van der Waals surface area contributed by atoms with E-state index in [4.69, 9.17) is 21.1 Å². The lowest BCUT2D eigenvalue weighted by Crippen LogP contribution is -2.33. The van der Waals surface area contributed by atoms with Gasteiger partial charge < -0.3 is 14.8 Å². The summed E-state index contributed by atoms with van der Waals surface area (Å²) in [4.78, 5) is 14.9. The molecular formula is C22H25ClN2O3. The summed E-state index contributed by atoms with van der Waals surface area (Å²) in [6.45, 7) is 4.58. The van der Waals surface area contributed by atoms with Gasteiger partial charge in [0.05, 0.1) is 19.8 Å². The molecule has 1 saturated heterocycles. The van der Waals surface area contributed by atoms with Crippen molar-refractivity contribution in [3.05, 3.63) is 52.5 Å². The number of rotatable bonds is 4. The van der Waals surface area contributed by atoms with Crippen molar-refractivity contribution in [3.63, 3.8) is 0 Å². The van der Waals surface area contributed by atoms with E-state index in [1.807, 2.05) is 25.1 Å². The molecule has 0 saturated carbocycles. The lowest BCUT2D eigenvalue weighted by molar-refractivity contribution is -0.117. The van der Waals surface area contributed by atoms with Crippen LogP contribution in [0.15, 0.2) is 36.4 Å². The highest BCUT2D eigenvalue weighted by molar-refractivity contribution is 6.31. The van der Waals surface area contributed by atoms with Gasteiger partial charge in [0.1, 0.15) is 0 Å². The quantitative estimate of drug-likeness (QED) is 0.815. The number of hydrogen-bond donors (Lipinski definition) is 1. The molecular weight excluding hydrogens is 376 g/mol. The first-order valence-corrected chi connectivity index (χ1v) is 10.2. The zero-order valence-corrected chi connectivity index (χ0v) is 16.8. The number of hydrogen-bond acceptors (Lipinski definition) is 4. The summed E-state index contributed by atoms with van der Waals surface area (Å²) in [5.41, 5.74) is 2.94. The SMILES string of the molecule is Cc1ccc(Cl)cc1NC(=O)CN1CCC[C@@H]1c1ccc2c(c1)OCCCO2. The van der Waals surface area contributed by atoms with Gasteiger partial charge >= 0.3 is 0 Å². The fourth-order valence-corrected chi connectivity index (χ4v) is 4.06. The van der Waals surface area contributed by atoms with E-state index in [0.717, 1.165) is 48.6 Å². The first-order valence-electron chi connectivity index (χ1n) is 9.80. The minimum Gasteiger partial charge on any atom is -0.490 e. The maximum Gasteiger partial charge on any atom is 0.238 e. The zero-order chi connectivity index (χ0) is 19.5. The molecule has 2 aromatic carbocycles. The Balaban J connectivity index is 1.45. The highest BCUT2D eigenvalue weighted by atomic mass is 35.5. The molecule has 1 N–H and O–H groups in total. The van der Waals surface area contributed by atoms with Crippen molar-refractivity contribution in [2.75, 3.05) is 31.6 Å². The van der Waals surface area contributed by atoms with Gasteiger partial charge in [-0.2, -0.15) is 0 Å². The highest BCUT2D eigenvalue weighted by Crippen LogP contribution is 2.37. The first-order chi connectivity index (χ1) is 13.6. The van der Waals surface area contributed by atoms with Crippen molar-refractivity contribution < 1.29 is 14.3 Å². The molecule has 0 radical (unpaired) electrons. The Labute approximate surface area is 170 Å². The number of carbonyl (C=O) groups is 1. The van der Waals surface area contributed by atoms with Crippen molar-refractivity contribution >= 4 is 23.2 Å². The Hall–Kier alpha value is -2.24. The molecule has 4 rings (SSSR count). The third kappa shape index (κ3) is 4.26. The molecule has 0 aromatic heterocycles. The van der Waals surface area contributed by atoms with E-state index < -0.39 is 0 Å². The number of nitrogens with zero attached hydrogens (tertiary/aromatic N) is 1. The van der Waals surface area contributed by atoms with Crippen LogP contribution < -0.4 is 14.8 Å². The van der Waals surface area contributed by atoms with Crippen molar-refractivity contribution in [2.24, 2.45) is 0 Å². The summed E-state index contributed by atoms with van der Waals surface area (Å²) in [6.07, 6.45) is 2.99. The van der Waals surface area contributed by atoms with Gasteiger partial charge in [-0.3, -0.25) is 9.69 Å². The molecule has 2 aliphatic rings. The molecule has 1 atom stereocenters. The average molecular weight is 401 g/mol. The summed E-state index contributed by atoms with van der Waals surface area (Å²) >= 11 is 6.06. The van der Waals surface area contributed by atoms with Gasteiger partial charge in [-0.05, 0) is 61.7 Å². The first kappa shape index (κ1) is 19.1. The Bertz CT molecular complexity index is 871. The molecule has 6 heteroatoms. The van der Waals surface area contributed by atoms with Crippen molar-refractivity contribution in [3.8, 4) is 11.5 Å². The summed E-state index contributed by atoms with van der Waals surface area (Å²) in [6, 6.07) is 11.9. The lowest BCUT2D eigenvalue weighted by atomic mass is 10.0. The van der Waals surface area contributed by atoms with Crippen LogP contribution >= 0.6 is 11.6 Å². The minimum atomic E-state index is -0.0217. The van der Waals surface area contributed by atoms with E-state index in [0.29, 0.717) is 24.8 Å². The molecule has 0 aliphatic carbocycles. The number of nitrogens with one attached hydrogen (secondary N) is 1. The Morgan fingerprint density at radius 3 is 2.82 bits per heavy atom. The standard InChI is InChI=1S/C22H25ClN2O3/c1-15-5-7-17(23)13-18(15)24-22(26)14-25-9-2-4-19(25)16-6-8-20-21(12-16)28-11-3-10-27-20/h5-8,12-13,19H,2-4,9-11,14H2,1H3,(H,24,26)/t19-/m1/s1. The molecule has 2 heterocycles. The van der Waals surface area contributed by atoms with Crippen LogP contribution in [0.5, 0.6) is 11.5 Å². The molecule has 0 bridgehead atoms. The fourth-order valence-electron chi connectivity index (χ4n) is 3.88. The van der Waals surface area contributed by atoms with Gasteiger partial charge in [-0.25, -0.2) is 0 Å². The third-order valence-corrected chi connectivity index (χ3v) is 5.58. The third-order valence-electron chi connectivity index (χ3n) is 5.34. The monoisotopic (exact) mass is 400 g/mol. The lowest BCUT2D eigenvalue weighted by Gasteiger charge is -2.25. The highest BCUT2D eigenvalue weighted by Gasteiger charge is 2.28. The smallest absolute Gasteiger partial charge is 0.238 e. The fraction of sp³-hybridized carbons (Fsp3) is 0.409. The van der Waals surface area contributed by atoms with Crippen LogP contribution in [0.25, 0.3) is 0 Å². The van der Waals surface area contributed by atoms with Crippen LogP contribution in [0.1, 0.15) is 36.4 Å². The predicted octanol–water partition coefficient (Wildman–Crippen LogP) is 4.59. The Kier molecular flexibility index (Phi) is 5.74. The van der Waals surface area contributed by atoms with E-state index in [1.165, 1.54) is 5.56 Å². The molecule has 2 aromatic rings. The van der Waals surface area contributed by atoms with Crippen LogP contribution in [0.4, 0.5) is 5.69 Å². The van der Waals surface area contributed by atoms with Crippen molar-refractivity contribution in [2.45, 2.75) is 32.2 Å². The zero-order valence-electron chi connectivity index (χ0n) is 16.0. The molecule has 0 unspecified atom stereocenters. The van der Waals surface area contributed by atoms with Crippen LogP contribution in [0.3, 0.4) is 0 Å². The summed E-state index contributed by atoms with van der Waals surface area (Å²) in [7, 11) is 0. The molecule has 2 aliphatic heterocycles. The number of fused-ring (bicyclic) bond motifs is 1. The van der Waals surface area contributed by atoms with E-state index in [9.17, 15) is 4.79 Å². The second-order valence-corrected chi connectivity index (χ2v) is 7.83. The molecule has 1 amide bonds. The van der Waals surface area contributed by atoms with Gasteiger partial charge in [0.2, 0.25) is 5.91 Å². The number of likely N-dealkylation sites (tertiary alicyclic amines) is 1. The molecule has 148 valence electrons. The molecule has 5 nitrogen and oxygen atoms in total. The van der Waals surface area contributed by atoms with E-state index in [2.05, 4.69) is 22.3 Å². The Morgan fingerprint density at radius 1 is 1.14 bits per heavy atom. The number of amides is 1. The van der Waals surface area contributed by atoms with E-state index in [-0.39, 0.29) is 11.9 Å². The maximum atomic E-state index is 12.6. The van der Waals surface area contributed by atoms with Gasteiger partial charge in [0, 0.05) is 23.2 Å². The van der Waals surface area contributed by atoms with Crippen LogP contribution in [-0.2, 0) is 4.79 Å². The topological polar surface area (TPSA) is 50.8 Å². The van der Waals surface area contributed by atoms with E-state index in [1.54, 1.807) is 6.07 Å². The summed E-state index contributed by atoms with van der Waals surface area (Å²) in [5, 5.41) is 3.62. The van der Waals surface area contributed by atoms with E-state index >= 15 is 0 Å². The molecule has 28 heavy (non-hydrogen) atoms. The van der Waals surface area contributed by atoms with Crippen LogP contribution in [0, 0.1) is 6.92 Å². The largest absolute Gasteiger partial charge is 0.490 e. The number of carbonyl (C=O) groups excluding carboxylic acids is 1. The summed E-state index contributed by atoms with van der Waals surface area (Å²) < 4.78 is 11.6. The second kappa shape index (κ2) is 8.41. The second-order valence-electron chi connectivity index (χ2n) is 7.39. The number of halogens is 1. The normalized spacial score (nSPS) is 19.3. The van der Waals surface area contributed by atoms with Gasteiger partial charge in [0.15, 0.2) is 11.5 Å². The number of ether oxygens (including phenoxy) is 2. The Morgan fingerprint density at radius 2 is 1.96 bits per heavy atom. The number of anilines is 1. The maximum absolute atomic E-state index is 12.6. The van der Waals surface area contributed by atoms with Gasteiger partial charge in [-0.1, -0.05) is 23.7 Å².